The Morgan fingerprint density at radius 2 is 2.19 bits per heavy atom. The van der Waals surface area contributed by atoms with Crippen LogP contribution in [0.1, 0.15) is 5.56 Å². The van der Waals surface area contributed by atoms with Crippen molar-refractivity contribution in [3.05, 3.63) is 27.7 Å². The minimum Gasteiger partial charge on any atom is -0.480 e. The lowest BCUT2D eigenvalue weighted by molar-refractivity contribution is -0.139. The zero-order valence-electron chi connectivity index (χ0n) is 8.59. The minimum absolute atomic E-state index is 0.305. The number of nitrogens with one attached hydrogen (secondary N) is 1. The average Bonchev–Trinajstić information content (AvgIpc) is 2.16. The van der Waals surface area contributed by atoms with Crippen LogP contribution in [-0.4, -0.2) is 24.7 Å². The number of aliphatic carboxylic acids is 1. The van der Waals surface area contributed by atoms with Gasteiger partial charge in [-0.25, -0.2) is 4.79 Å². The molecule has 4 nitrogen and oxygen atoms in total. The lowest BCUT2D eigenvalue weighted by Gasteiger charge is -2.12. The highest BCUT2D eigenvalue weighted by atomic mass is 35.5. The molecule has 6 heteroatoms. The highest BCUT2D eigenvalue weighted by molar-refractivity contribution is 6.35. The van der Waals surface area contributed by atoms with Gasteiger partial charge in [0.05, 0.1) is 5.02 Å². The highest BCUT2D eigenvalue weighted by Crippen LogP contribution is 2.32. The molecule has 0 aliphatic heterocycles. The summed E-state index contributed by atoms with van der Waals surface area (Å²) >= 11 is 11.8. The number of carboxylic acid groups (broad SMARTS) is 1. The molecule has 0 bridgehead atoms. The van der Waals surface area contributed by atoms with Crippen LogP contribution in [0.15, 0.2) is 12.1 Å². The van der Waals surface area contributed by atoms with Crippen molar-refractivity contribution in [3.63, 3.8) is 0 Å². The van der Waals surface area contributed by atoms with Gasteiger partial charge >= 0.3 is 5.97 Å². The summed E-state index contributed by atoms with van der Waals surface area (Å²) < 4.78 is 5.11. The maximum Gasteiger partial charge on any atom is 0.341 e. The van der Waals surface area contributed by atoms with Crippen LogP contribution in [0.5, 0.6) is 5.75 Å². The molecular weight excluding hydrogens is 253 g/mol. The third-order valence-electron chi connectivity index (χ3n) is 1.79. The Morgan fingerprint density at radius 1 is 1.50 bits per heavy atom. The van der Waals surface area contributed by atoms with Crippen molar-refractivity contribution in [2.24, 2.45) is 0 Å². The standard InChI is InChI=1S/C10H11Cl2NO3/c1-13-4-6-2-7(11)3-8(12)10(6)16-5-9(14)15/h2-3,13H,4-5H2,1H3,(H,14,15). The van der Waals surface area contributed by atoms with Crippen molar-refractivity contribution in [2.75, 3.05) is 13.7 Å². The van der Waals surface area contributed by atoms with Crippen LogP contribution >= 0.6 is 23.2 Å². The van der Waals surface area contributed by atoms with E-state index in [1.807, 2.05) is 0 Å². The van der Waals surface area contributed by atoms with Crippen LogP contribution < -0.4 is 10.1 Å². The quantitative estimate of drug-likeness (QED) is 0.855. The number of carbonyl (C=O) groups is 1. The number of carboxylic acids is 1. The van der Waals surface area contributed by atoms with Crippen LogP contribution in [-0.2, 0) is 11.3 Å². The topological polar surface area (TPSA) is 58.6 Å². The van der Waals surface area contributed by atoms with Gasteiger partial charge in [0, 0.05) is 17.1 Å². The van der Waals surface area contributed by atoms with E-state index in [0.29, 0.717) is 22.3 Å². The first-order valence-electron chi connectivity index (χ1n) is 4.51. The molecule has 2 N–H and O–H groups in total. The maximum absolute atomic E-state index is 10.4. The third-order valence-corrected chi connectivity index (χ3v) is 2.29. The third kappa shape index (κ3) is 3.56. The Hall–Kier alpha value is -0.970. The molecule has 0 amide bonds. The van der Waals surface area contributed by atoms with Gasteiger partial charge in [-0.1, -0.05) is 23.2 Å². The predicted molar refractivity (Wildman–Crippen MR) is 62.4 cm³/mol. The van der Waals surface area contributed by atoms with Crippen molar-refractivity contribution < 1.29 is 14.6 Å². The first kappa shape index (κ1) is 13.1. The first-order valence-corrected chi connectivity index (χ1v) is 5.27. The lowest BCUT2D eigenvalue weighted by atomic mass is 10.2. The molecule has 16 heavy (non-hydrogen) atoms. The first-order chi connectivity index (χ1) is 7.54. The van der Waals surface area contributed by atoms with Gasteiger partial charge in [-0.3, -0.25) is 0 Å². The summed E-state index contributed by atoms with van der Waals surface area (Å²) in [5, 5.41) is 12.2. The monoisotopic (exact) mass is 263 g/mol. The fraction of sp³-hybridized carbons (Fsp3) is 0.300. The van der Waals surface area contributed by atoms with Gasteiger partial charge in [-0.2, -0.15) is 0 Å². The molecule has 0 aromatic heterocycles. The Labute approximate surface area is 103 Å². The summed E-state index contributed by atoms with van der Waals surface area (Å²) in [5.74, 6) is -0.704. The Balaban J connectivity index is 2.98. The summed E-state index contributed by atoms with van der Waals surface area (Å²) in [6.07, 6.45) is 0. The van der Waals surface area contributed by atoms with E-state index >= 15 is 0 Å². The fourth-order valence-electron chi connectivity index (χ4n) is 1.23. The summed E-state index contributed by atoms with van der Waals surface area (Å²) in [6.45, 7) is 0.0628. The Bertz CT molecular complexity index is 396. The van der Waals surface area contributed by atoms with Crippen molar-refractivity contribution in [1.82, 2.24) is 5.32 Å². The number of halogens is 2. The largest absolute Gasteiger partial charge is 0.480 e. The van der Waals surface area contributed by atoms with Crippen molar-refractivity contribution in [3.8, 4) is 5.75 Å². The molecule has 0 radical (unpaired) electrons. The number of hydrogen-bond acceptors (Lipinski definition) is 3. The van der Waals surface area contributed by atoms with Gasteiger partial charge in [0.2, 0.25) is 0 Å². The number of ether oxygens (including phenoxy) is 1. The molecule has 1 aromatic rings. The number of rotatable bonds is 5. The predicted octanol–water partition coefficient (Wildman–Crippen LogP) is 2.18. The van der Waals surface area contributed by atoms with Crippen LogP contribution in [0, 0.1) is 0 Å². The summed E-state index contributed by atoms with van der Waals surface area (Å²) in [4.78, 5) is 10.4. The SMILES string of the molecule is CNCc1cc(Cl)cc(Cl)c1OCC(=O)O. The second kappa shape index (κ2) is 5.94. The zero-order valence-corrected chi connectivity index (χ0v) is 10.1. The highest BCUT2D eigenvalue weighted by Gasteiger charge is 2.11. The molecule has 0 spiro atoms. The van der Waals surface area contributed by atoms with E-state index in [-0.39, 0.29) is 0 Å². The molecule has 0 aliphatic rings. The number of hydrogen-bond donors (Lipinski definition) is 2. The van der Waals surface area contributed by atoms with E-state index < -0.39 is 12.6 Å². The van der Waals surface area contributed by atoms with Crippen LogP contribution in [0.25, 0.3) is 0 Å². The maximum atomic E-state index is 10.4. The van der Waals surface area contributed by atoms with Crippen molar-refractivity contribution >= 4 is 29.2 Å². The van der Waals surface area contributed by atoms with Gasteiger partial charge in [0.15, 0.2) is 6.61 Å². The molecule has 0 saturated heterocycles. The van der Waals surface area contributed by atoms with Crippen molar-refractivity contribution in [1.29, 1.82) is 0 Å². The molecule has 0 saturated carbocycles. The summed E-state index contributed by atoms with van der Waals surface area (Å²) in [5.41, 5.74) is 0.723. The van der Waals surface area contributed by atoms with E-state index in [1.165, 1.54) is 6.07 Å². The Kier molecular flexibility index (Phi) is 4.86. The molecule has 1 rings (SSSR count). The fourth-order valence-corrected chi connectivity index (χ4v) is 1.82. The van der Waals surface area contributed by atoms with Gasteiger partial charge < -0.3 is 15.2 Å². The van der Waals surface area contributed by atoms with Gasteiger partial charge in [-0.15, -0.1) is 0 Å². The molecule has 88 valence electrons. The van der Waals surface area contributed by atoms with E-state index in [0.717, 1.165) is 5.56 Å². The molecule has 0 heterocycles. The van der Waals surface area contributed by atoms with Crippen LogP contribution in [0.4, 0.5) is 0 Å². The molecule has 0 unspecified atom stereocenters. The molecule has 0 aliphatic carbocycles. The van der Waals surface area contributed by atoms with E-state index in [4.69, 9.17) is 33.0 Å². The van der Waals surface area contributed by atoms with Gasteiger partial charge in [-0.05, 0) is 19.2 Å². The smallest absolute Gasteiger partial charge is 0.341 e. The average molecular weight is 264 g/mol. The second-order valence-electron chi connectivity index (χ2n) is 3.09. The zero-order chi connectivity index (χ0) is 12.1. The van der Waals surface area contributed by atoms with E-state index in [9.17, 15) is 4.79 Å². The van der Waals surface area contributed by atoms with Crippen LogP contribution in [0.2, 0.25) is 10.0 Å². The Morgan fingerprint density at radius 3 is 2.75 bits per heavy atom. The molecule has 1 aromatic carbocycles. The van der Waals surface area contributed by atoms with E-state index in [2.05, 4.69) is 5.32 Å². The lowest BCUT2D eigenvalue weighted by Crippen LogP contribution is -2.13. The summed E-state index contributed by atoms with van der Waals surface area (Å²) in [6, 6.07) is 3.20. The normalized spacial score (nSPS) is 10.2. The second-order valence-corrected chi connectivity index (χ2v) is 3.93. The minimum atomic E-state index is -1.05. The number of benzene rings is 1. The van der Waals surface area contributed by atoms with Crippen LogP contribution in [0.3, 0.4) is 0 Å². The molecule has 0 fully saturated rings. The molecule has 0 atom stereocenters. The van der Waals surface area contributed by atoms with E-state index in [1.54, 1.807) is 13.1 Å². The molecular formula is C10H11Cl2NO3. The van der Waals surface area contributed by atoms with Crippen molar-refractivity contribution in [2.45, 2.75) is 6.54 Å². The summed E-state index contributed by atoms with van der Waals surface area (Å²) in [7, 11) is 1.76. The van der Waals surface area contributed by atoms with Gasteiger partial charge in [0.1, 0.15) is 5.75 Å². The van der Waals surface area contributed by atoms with Gasteiger partial charge in [0.25, 0.3) is 0 Å².